The molecule has 0 aliphatic heterocycles. The molecule has 0 N–H and O–H groups in total. The Morgan fingerprint density at radius 2 is 2.20 bits per heavy atom. The van der Waals surface area contributed by atoms with Gasteiger partial charge in [-0.25, -0.2) is 0 Å². The van der Waals surface area contributed by atoms with E-state index < -0.39 is 0 Å². The fourth-order valence-corrected chi connectivity index (χ4v) is 1.09. The zero-order chi connectivity index (χ0) is 11.1. The molecule has 0 aliphatic carbocycles. The first-order valence-electron chi connectivity index (χ1n) is 4.64. The first-order chi connectivity index (χ1) is 7.31. The van der Waals surface area contributed by atoms with Crippen molar-refractivity contribution < 1.29 is 9.47 Å². The van der Waals surface area contributed by atoms with Gasteiger partial charge in [-0.3, -0.25) is 0 Å². The van der Waals surface area contributed by atoms with E-state index in [0.717, 1.165) is 0 Å². The van der Waals surface area contributed by atoms with Crippen molar-refractivity contribution >= 4 is 0 Å². The SMILES string of the molecule is C/C=C/COc1ccc(C#N)cc1OC. The van der Waals surface area contributed by atoms with Crippen molar-refractivity contribution in [3.8, 4) is 17.6 Å². The third-order valence-corrected chi connectivity index (χ3v) is 1.86. The Kier molecular flexibility index (Phi) is 4.24. The Bertz CT molecular complexity index is 391. The summed E-state index contributed by atoms with van der Waals surface area (Å²) in [4.78, 5) is 0. The van der Waals surface area contributed by atoms with Gasteiger partial charge in [0.1, 0.15) is 6.61 Å². The maximum Gasteiger partial charge on any atom is 0.162 e. The highest BCUT2D eigenvalue weighted by Gasteiger charge is 2.04. The average molecular weight is 203 g/mol. The van der Waals surface area contributed by atoms with E-state index in [0.29, 0.717) is 23.7 Å². The molecule has 1 aromatic carbocycles. The second-order valence-corrected chi connectivity index (χ2v) is 2.86. The van der Waals surface area contributed by atoms with E-state index in [-0.39, 0.29) is 0 Å². The molecular formula is C12H13NO2. The van der Waals surface area contributed by atoms with Crippen LogP contribution in [0.15, 0.2) is 30.4 Å². The summed E-state index contributed by atoms with van der Waals surface area (Å²) in [6.45, 7) is 2.43. The molecule has 0 aromatic heterocycles. The van der Waals surface area contributed by atoms with Crippen LogP contribution in [0, 0.1) is 11.3 Å². The van der Waals surface area contributed by atoms with Crippen LogP contribution in [0.2, 0.25) is 0 Å². The van der Waals surface area contributed by atoms with Gasteiger partial charge >= 0.3 is 0 Å². The van der Waals surface area contributed by atoms with Gasteiger partial charge in [0.25, 0.3) is 0 Å². The van der Waals surface area contributed by atoms with Gasteiger partial charge in [0.15, 0.2) is 11.5 Å². The number of methoxy groups -OCH3 is 1. The third-order valence-electron chi connectivity index (χ3n) is 1.86. The molecule has 1 rings (SSSR count). The molecule has 0 fully saturated rings. The van der Waals surface area contributed by atoms with Crippen LogP contribution in [0.3, 0.4) is 0 Å². The van der Waals surface area contributed by atoms with Gasteiger partial charge in [0.05, 0.1) is 18.7 Å². The van der Waals surface area contributed by atoms with Gasteiger partial charge in [-0.1, -0.05) is 12.2 Å². The smallest absolute Gasteiger partial charge is 0.162 e. The van der Waals surface area contributed by atoms with Crippen LogP contribution in [-0.4, -0.2) is 13.7 Å². The molecule has 0 aliphatic rings. The van der Waals surface area contributed by atoms with Crippen LogP contribution in [0.1, 0.15) is 12.5 Å². The third kappa shape index (κ3) is 3.03. The number of benzene rings is 1. The van der Waals surface area contributed by atoms with Crippen molar-refractivity contribution in [2.45, 2.75) is 6.92 Å². The fourth-order valence-electron chi connectivity index (χ4n) is 1.09. The highest BCUT2D eigenvalue weighted by molar-refractivity contribution is 5.46. The number of ether oxygens (including phenoxy) is 2. The molecule has 0 unspecified atom stereocenters. The predicted octanol–water partition coefficient (Wildman–Crippen LogP) is 2.52. The lowest BCUT2D eigenvalue weighted by molar-refractivity contribution is 0.326. The Balaban J connectivity index is 2.83. The molecule has 3 heteroatoms. The molecule has 78 valence electrons. The van der Waals surface area contributed by atoms with Crippen LogP contribution in [0.25, 0.3) is 0 Å². The second-order valence-electron chi connectivity index (χ2n) is 2.86. The van der Waals surface area contributed by atoms with E-state index in [1.54, 1.807) is 25.3 Å². The van der Waals surface area contributed by atoms with E-state index in [9.17, 15) is 0 Å². The quantitative estimate of drug-likeness (QED) is 0.706. The molecule has 0 saturated carbocycles. The lowest BCUT2D eigenvalue weighted by Gasteiger charge is -2.08. The largest absolute Gasteiger partial charge is 0.493 e. The minimum Gasteiger partial charge on any atom is -0.493 e. The van der Waals surface area contributed by atoms with E-state index in [4.69, 9.17) is 14.7 Å². The summed E-state index contributed by atoms with van der Waals surface area (Å²) in [5.74, 6) is 1.23. The summed E-state index contributed by atoms with van der Waals surface area (Å²) < 4.78 is 10.6. The van der Waals surface area contributed by atoms with Gasteiger partial charge in [-0.05, 0) is 19.1 Å². The topological polar surface area (TPSA) is 42.2 Å². The summed E-state index contributed by atoms with van der Waals surface area (Å²) >= 11 is 0. The molecule has 15 heavy (non-hydrogen) atoms. The molecule has 3 nitrogen and oxygen atoms in total. The summed E-state index contributed by atoms with van der Waals surface area (Å²) in [7, 11) is 1.55. The molecule has 0 atom stereocenters. The standard InChI is InChI=1S/C12H13NO2/c1-3-4-7-15-11-6-5-10(9-13)8-12(11)14-2/h3-6,8H,7H2,1-2H3/b4-3+. The lowest BCUT2D eigenvalue weighted by atomic mass is 10.2. The summed E-state index contributed by atoms with van der Waals surface area (Å²) in [6, 6.07) is 7.14. The second kappa shape index (κ2) is 5.71. The molecule has 0 bridgehead atoms. The fraction of sp³-hybridized carbons (Fsp3) is 0.250. The number of hydrogen-bond acceptors (Lipinski definition) is 3. The first-order valence-corrected chi connectivity index (χ1v) is 4.64. The van der Waals surface area contributed by atoms with Gasteiger partial charge in [0.2, 0.25) is 0 Å². The Morgan fingerprint density at radius 3 is 2.80 bits per heavy atom. The van der Waals surface area contributed by atoms with Gasteiger partial charge in [-0.15, -0.1) is 0 Å². The number of rotatable bonds is 4. The monoisotopic (exact) mass is 203 g/mol. The summed E-state index contributed by atoms with van der Waals surface area (Å²) in [5, 5.41) is 8.71. The van der Waals surface area contributed by atoms with E-state index in [2.05, 4.69) is 0 Å². The van der Waals surface area contributed by atoms with E-state index in [1.807, 2.05) is 25.1 Å². The van der Waals surface area contributed by atoms with E-state index in [1.165, 1.54) is 0 Å². The Morgan fingerprint density at radius 1 is 1.40 bits per heavy atom. The lowest BCUT2D eigenvalue weighted by Crippen LogP contribution is -1.96. The number of hydrogen-bond donors (Lipinski definition) is 0. The highest BCUT2D eigenvalue weighted by atomic mass is 16.5. The van der Waals surface area contributed by atoms with E-state index >= 15 is 0 Å². The predicted molar refractivity (Wildman–Crippen MR) is 58.0 cm³/mol. The van der Waals surface area contributed by atoms with Crippen LogP contribution in [-0.2, 0) is 0 Å². The van der Waals surface area contributed by atoms with Gasteiger partial charge in [-0.2, -0.15) is 5.26 Å². The molecular weight excluding hydrogens is 190 g/mol. The molecule has 1 aromatic rings. The van der Waals surface area contributed by atoms with Crippen molar-refractivity contribution in [2.24, 2.45) is 0 Å². The first kappa shape index (κ1) is 11.1. The van der Waals surface area contributed by atoms with Crippen molar-refractivity contribution in [3.05, 3.63) is 35.9 Å². The number of nitriles is 1. The van der Waals surface area contributed by atoms with Gasteiger partial charge < -0.3 is 9.47 Å². The average Bonchev–Trinajstić information content (AvgIpc) is 2.29. The molecule has 0 radical (unpaired) electrons. The Hall–Kier alpha value is -1.95. The van der Waals surface area contributed by atoms with Crippen molar-refractivity contribution in [2.75, 3.05) is 13.7 Å². The van der Waals surface area contributed by atoms with Crippen molar-refractivity contribution in [1.82, 2.24) is 0 Å². The number of allylic oxidation sites excluding steroid dienone is 1. The maximum atomic E-state index is 8.71. The van der Waals surface area contributed by atoms with Crippen LogP contribution in [0.4, 0.5) is 0 Å². The minimum absolute atomic E-state index is 0.499. The van der Waals surface area contributed by atoms with Crippen molar-refractivity contribution in [1.29, 1.82) is 5.26 Å². The number of nitrogens with zero attached hydrogens (tertiary/aromatic N) is 1. The van der Waals surface area contributed by atoms with Crippen LogP contribution < -0.4 is 9.47 Å². The zero-order valence-corrected chi connectivity index (χ0v) is 8.86. The van der Waals surface area contributed by atoms with Crippen LogP contribution in [0.5, 0.6) is 11.5 Å². The minimum atomic E-state index is 0.499. The van der Waals surface area contributed by atoms with Crippen LogP contribution >= 0.6 is 0 Å². The normalized spacial score (nSPS) is 9.93. The van der Waals surface area contributed by atoms with Gasteiger partial charge in [0, 0.05) is 6.07 Å². The molecule has 0 amide bonds. The molecule has 0 heterocycles. The molecule has 0 spiro atoms. The highest BCUT2D eigenvalue weighted by Crippen LogP contribution is 2.27. The zero-order valence-electron chi connectivity index (χ0n) is 8.86. The molecule has 0 saturated heterocycles. The summed E-state index contributed by atoms with van der Waals surface area (Å²) in [5.41, 5.74) is 0.560. The Labute approximate surface area is 89.6 Å². The van der Waals surface area contributed by atoms with Crippen molar-refractivity contribution in [3.63, 3.8) is 0 Å². The maximum absolute atomic E-state index is 8.71. The summed E-state index contributed by atoms with van der Waals surface area (Å²) in [6.07, 6.45) is 3.81.